The molecule has 1 heterocycles. The van der Waals surface area contributed by atoms with Gasteiger partial charge in [-0.2, -0.15) is 0 Å². The van der Waals surface area contributed by atoms with Gasteiger partial charge in [0.25, 0.3) is 15.9 Å². The molecule has 0 atom stereocenters. The smallest absolute Gasteiger partial charge is 0.271 e. The maximum absolute atomic E-state index is 12.9. The average Bonchev–Trinajstić information content (AvgIpc) is 3.24. The van der Waals surface area contributed by atoms with E-state index in [9.17, 15) is 13.2 Å². The van der Waals surface area contributed by atoms with E-state index < -0.39 is 10.0 Å². The van der Waals surface area contributed by atoms with Gasteiger partial charge < -0.3 is 5.32 Å². The van der Waals surface area contributed by atoms with Crippen molar-refractivity contribution in [2.75, 3.05) is 10.0 Å². The van der Waals surface area contributed by atoms with E-state index in [4.69, 9.17) is 0 Å². The molecule has 7 heteroatoms. The number of thiophene rings is 1. The van der Waals surface area contributed by atoms with Crippen molar-refractivity contribution in [3.8, 4) is 0 Å². The molecule has 0 unspecified atom stereocenters. The molecule has 0 fully saturated rings. The molecule has 0 aliphatic rings. The summed E-state index contributed by atoms with van der Waals surface area (Å²) in [6.07, 6.45) is 0. The van der Waals surface area contributed by atoms with Gasteiger partial charge in [0.15, 0.2) is 0 Å². The van der Waals surface area contributed by atoms with E-state index in [0.717, 1.165) is 22.1 Å². The minimum Gasteiger partial charge on any atom is -0.322 e. The summed E-state index contributed by atoms with van der Waals surface area (Å²) in [4.78, 5) is 12.9. The van der Waals surface area contributed by atoms with Crippen LogP contribution >= 0.6 is 11.3 Å². The highest BCUT2D eigenvalue weighted by Gasteiger charge is 2.20. The zero-order valence-corrected chi connectivity index (χ0v) is 16.3. The van der Waals surface area contributed by atoms with E-state index in [1.54, 1.807) is 35.7 Å². The van der Waals surface area contributed by atoms with Crippen molar-refractivity contribution in [1.82, 2.24) is 0 Å². The van der Waals surface area contributed by atoms with Crippen LogP contribution in [-0.2, 0) is 10.0 Å². The number of carbonyl (C=O) groups excluding carboxylic acids is 1. The Morgan fingerprint density at radius 2 is 1.50 bits per heavy atom. The Balaban J connectivity index is 1.77. The number of benzene rings is 3. The van der Waals surface area contributed by atoms with Crippen molar-refractivity contribution in [2.45, 2.75) is 4.21 Å². The van der Waals surface area contributed by atoms with Crippen LogP contribution in [0, 0.1) is 0 Å². The van der Waals surface area contributed by atoms with Gasteiger partial charge in [-0.15, -0.1) is 11.3 Å². The number of rotatable bonds is 5. The third-order valence-electron chi connectivity index (χ3n) is 4.17. The average molecular weight is 409 g/mol. The van der Waals surface area contributed by atoms with Crippen molar-refractivity contribution in [2.24, 2.45) is 0 Å². The van der Waals surface area contributed by atoms with Crippen LogP contribution in [0.2, 0.25) is 0 Å². The summed E-state index contributed by atoms with van der Waals surface area (Å²) in [7, 11) is -3.78. The molecule has 4 rings (SSSR count). The minimum atomic E-state index is -3.78. The second-order valence-electron chi connectivity index (χ2n) is 6.10. The first kappa shape index (κ1) is 18.2. The number of anilines is 2. The maximum atomic E-state index is 12.9. The van der Waals surface area contributed by atoms with E-state index in [0.29, 0.717) is 5.69 Å². The molecule has 0 aliphatic carbocycles. The molecule has 140 valence electrons. The summed E-state index contributed by atoms with van der Waals surface area (Å²) in [6, 6.07) is 23.1. The third kappa shape index (κ3) is 3.76. The van der Waals surface area contributed by atoms with Crippen LogP contribution in [0.1, 0.15) is 10.4 Å². The molecule has 0 radical (unpaired) electrons. The van der Waals surface area contributed by atoms with Crippen LogP contribution in [-0.4, -0.2) is 14.3 Å². The lowest BCUT2D eigenvalue weighted by Crippen LogP contribution is -2.18. The van der Waals surface area contributed by atoms with Gasteiger partial charge in [-0.3, -0.25) is 9.52 Å². The third-order valence-corrected chi connectivity index (χ3v) is 6.93. The number of hydrogen-bond acceptors (Lipinski definition) is 4. The number of fused-ring (bicyclic) bond motifs is 1. The second-order valence-corrected chi connectivity index (χ2v) is 8.96. The van der Waals surface area contributed by atoms with Gasteiger partial charge >= 0.3 is 0 Å². The summed E-state index contributed by atoms with van der Waals surface area (Å²) in [5.74, 6) is -0.388. The monoisotopic (exact) mass is 408 g/mol. The van der Waals surface area contributed by atoms with Crippen LogP contribution in [0.15, 0.2) is 88.5 Å². The lowest BCUT2D eigenvalue weighted by atomic mass is 10.0. The molecule has 0 saturated carbocycles. The van der Waals surface area contributed by atoms with Crippen molar-refractivity contribution in [3.05, 3.63) is 89.8 Å². The largest absolute Gasteiger partial charge is 0.322 e. The lowest BCUT2D eigenvalue weighted by Gasteiger charge is -2.14. The molecule has 5 nitrogen and oxygen atoms in total. The number of hydrogen-bond donors (Lipinski definition) is 2. The zero-order valence-electron chi connectivity index (χ0n) is 14.6. The topological polar surface area (TPSA) is 75.3 Å². The van der Waals surface area contributed by atoms with Crippen LogP contribution in [0.25, 0.3) is 10.8 Å². The van der Waals surface area contributed by atoms with E-state index in [2.05, 4.69) is 10.0 Å². The Hall–Kier alpha value is -3.16. The van der Waals surface area contributed by atoms with E-state index >= 15 is 0 Å². The molecular weight excluding hydrogens is 392 g/mol. The number of carbonyl (C=O) groups is 1. The van der Waals surface area contributed by atoms with Crippen LogP contribution in [0.4, 0.5) is 11.4 Å². The predicted octanol–water partition coefficient (Wildman–Crippen LogP) is 4.95. The van der Waals surface area contributed by atoms with Crippen molar-refractivity contribution in [1.29, 1.82) is 0 Å². The molecule has 1 aromatic heterocycles. The first-order valence-electron chi connectivity index (χ1n) is 8.48. The molecule has 2 N–H and O–H groups in total. The van der Waals surface area contributed by atoms with Gasteiger partial charge in [0.1, 0.15) is 4.21 Å². The summed E-state index contributed by atoms with van der Waals surface area (Å²) < 4.78 is 28.2. The van der Waals surface area contributed by atoms with Gasteiger partial charge in [-0.1, -0.05) is 48.5 Å². The number of nitrogens with one attached hydrogen (secondary N) is 2. The maximum Gasteiger partial charge on any atom is 0.271 e. The lowest BCUT2D eigenvalue weighted by molar-refractivity contribution is 0.102. The summed E-state index contributed by atoms with van der Waals surface area (Å²) >= 11 is 1.12. The molecule has 0 spiro atoms. The quantitative estimate of drug-likeness (QED) is 0.490. The Labute approximate surface area is 166 Å². The molecular formula is C21H16N2O3S2. The molecule has 0 aliphatic heterocycles. The Morgan fingerprint density at radius 3 is 2.18 bits per heavy atom. The fraction of sp³-hybridized carbons (Fsp3) is 0. The molecule has 3 aromatic carbocycles. The Morgan fingerprint density at radius 1 is 0.821 bits per heavy atom. The highest BCUT2D eigenvalue weighted by atomic mass is 32.2. The zero-order chi connectivity index (χ0) is 19.6. The molecule has 1 amide bonds. The van der Waals surface area contributed by atoms with Crippen molar-refractivity contribution in [3.63, 3.8) is 0 Å². The van der Waals surface area contributed by atoms with Gasteiger partial charge in [-0.25, -0.2) is 8.42 Å². The molecule has 28 heavy (non-hydrogen) atoms. The number of amides is 1. The summed E-state index contributed by atoms with van der Waals surface area (Å²) in [5.41, 5.74) is 1.12. The van der Waals surface area contributed by atoms with Gasteiger partial charge in [0, 0.05) is 5.69 Å². The normalized spacial score (nSPS) is 11.3. The van der Waals surface area contributed by atoms with Crippen LogP contribution < -0.4 is 10.0 Å². The highest BCUT2D eigenvalue weighted by Crippen LogP contribution is 2.28. The first-order chi connectivity index (χ1) is 13.5. The van der Waals surface area contributed by atoms with E-state index in [1.807, 2.05) is 42.5 Å². The number of sulfonamides is 1. The Kier molecular flexibility index (Phi) is 4.85. The predicted molar refractivity (Wildman–Crippen MR) is 113 cm³/mol. The Bertz CT molecular complexity index is 1240. The summed E-state index contributed by atoms with van der Waals surface area (Å²) in [5, 5.41) is 6.19. The standard InChI is InChI=1S/C21H16N2O3S2/c24-21(22-17-9-2-1-3-10-17)18-13-15-7-4-5-8-16(15)14-19(18)23-28(25,26)20-11-6-12-27-20/h1-14,23H,(H,22,24). The van der Waals surface area contributed by atoms with Crippen molar-refractivity contribution < 1.29 is 13.2 Å². The summed E-state index contributed by atoms with van der Waals surface area (Å²) in [6.45, 7) is 0. The van der Waals surface area contributed by atoms with E-state index in [-0.39, 0.29) is 21.4 Å². The fourth-order valence-corrected chi connectivity index (χ4v) is 4.91. The van der Waals surface area contributed by atoms with E-state index in [1.165, 1.54) is 6.07 Å². The molecule has 0 bridgehead atoms. The molecule has 4 aromatic rings. The van der Waals surface area contributed by atoms with Gasteiger partial charge in [-0.05, 0) is 46.5 Å². The van der Waals surface area contributed by atoms with Crippen LogP contribution in [0.5, 0.6) is 0 Å². The first-order valence-corrected chi connectivity index (χ1v) is 10.8. The highest BCUT2D eigenvalue weighted by molar-refractivity contribution is 7.94. The van der Waals surface area contributed by atoms with Crippen LogP contribution in [0.3, 0.4) is 0 Å². The second kappa shape index (κ2) is 7.46. The fourth-order valence-electron chi connectivity index (χ4n) is 2.84. The minimum absolute atomic E-state index is 0.190. The number of para-hydroxylation sites is 1. The van der Waals surface area contributed by atoms with Crippen molar-refractivity contribution >= 4 is 49.4 Å². The SMILES string of the molecule is O=C(Nc1ccccc1)c1cc2ccccc2cc1NS(=O)(=O)c1cccs1. The van der Waals surface area contributed by atoms with Gasteiger partial charge in [0.05, 0.1) is 11.3 Å². The van der Waals surface area contributed by atoms with Gasteiger partial charge in [0.2, 0.25) is 0 Å². The molecule has 0 saturated heterocycles.